The third-order valence-corrected chi connectivity index (χ3v) is 10.6. The molecule has 15 heavy (non-hydrogen) atoms. The Morgan fingerprint density at radius 1 is 1.27 bits per heavy atom. The van der Waals surface area contributed by atoms with Crippen LogP contribution in [0.2, 0.25) is 23.7 Å². The molecule has 0 heterocycles. The van der Waals surface area contributed by atoms with Crippen molar-refractivity contribution in [2.75, 3.05) is 0 Å². The fourth-order valence-electron chi connectivity index (χ4n) is 2.24. The average Bonchev–Trinajstić information content (AvgIpc) is 2.07. The molecule has 1 saturated carbocycles. The smallest absolute Gasteiger partial charge is 0.167 e. The monoisotopic (exact) mass is 230 g/mol. The van der Waals surface area contributed by atoms with Gasteiger partial charge in [-0.15, -0.1) is 0 Å². The fraction of sp³-hybridized carbons (Fsp3) is 0.917. The van der Waals surface area contributed by atoms with Gasteiger partial charge in [-0.05, 0) is 24.3 Å². The molecule has 3 heteroatoms. The van der Waals surface area contributed by atoms with Crippen LogP contribution in [0.1, 0.15) is 40.0 Å². The van der Waals surface area contributed by atoms with Crippen LogP contribution in [-0.4, -0.2) is 20.0 Å². The molecule has 1 aliphatic rings. The van der Waals surface area contributed by atoms with Crippen molar-refractivity contribution < 1.29 is 9.18 Å². The van der Waals surface area contributed by atoms with E-state index in [1.807, 2.05) is 0 Å². The summed E-state index contributed by atoms with van der Waals surface area (Å²) in [6, 6.07) is 0. The van der Waals surface area contributed by atoms with E-state index in [0.717, 1.165) is 12.8 Å². The molecular formula is C12H23FOSi. The zero-order chi connectivity index (χ0) is 11.9. The highest BCUT2D eigenvalue weighted by Gasteiger charge is 2.48. The number of carbonyl (C=O) groups excluding carboxylic acids is 1. The molecule has 1 fully saturated rings. The summed E-state index contributed by atoms with van der Waals surface area (Å²) in [5, 5.41) is 0.171. The Morgan fingerprint density at radius 3 is 2.27 bits per heavy atom. The number of ketones is 1. The van der Waals surface area contributed by atoms with Gasteiger partial charge in [0.25, 0.3) is 0 Å². The highest BCUT2D eigenvalue weighted by Crippen LogP contribution is 2.48. The van der Waals surface area contributed by atoms with Gasteiger partial charge in [0, 0.05) is 5.54 Å². The molecule has 0 amide bonds. The van der Waals surface area contributed by atoms with E-state index in [-0.39, 0.29) is 16.4 Å². The van der Waals surface area contributed by atoms with Crippen molar-refractivity contribution in [3.63, 3.8) is 0 Å². The summed E-state index contributed by atoms with van der Waals surface area (Å²) < 4.78 is 13.4. The van der Waals surface area contributed by atoms with Crippen LogP contribution in [0.3, 0.4) is 0 Å². The second kappa shape index (κ2) is 4.00. The van der Waals surface area contributed by atoms with Crippen LogP contribution in [0.5, 0.6) is 0 Å². The summed E-state index contributed by atoms with van der Waals surface area (Å²) in [6.45, 7) is 11.0. The van der Waals surface area contributed by atoms with E-state index >= 15 is 0 Å². The summed E-state index contributed by atoms with van der Waals surface area (Å²) in [6.07, 6.45) is 1.06. The number of hydrogen-bond donors (Lipinski definition) is 0. The van der Waals surface area contributed by atoms with Crippen LogP contribution >= 0.6 is 0 Å². The molecule has 2 atom stereocenters. The van der Waals surface area contributed by atoms with Crippen LogP contribution in [0.4, 0.5) is 4.39 Å². The topological polar surface area (TPSA) is 17.1 Å². The van der Waals surface area contributed by atoms with Gasteiger partial charge in [0.2, 0.25) is 0 Å². The molecule has 0 aliphatic heterocycles. The van der Waals surface area contributed by atoms with E-state index in [1.54, 1.807) is 0 Å². The van der Waals surface area contributed by atoms with Crippen LogP contribution < -0.4 is 0 Å². The lowest BCUT2D eigenvalue weighted by Crippen LogP contribution is -2.48. The van der Waals surface area contributed by atoms with Gasteiger partial charge in [-0.25, -0.2) is 4.39 Å². The van der Waals surface area contributed by atoms with Gasteiger partial charge in [-0.2, -0.15) is 0 Å². The standard InChI is InChI=1S/C12H23FOSi/c1-12(2,3)15(4,5)10-8-6-7-9(13)11(10)14/h9-10H,6-8H2,1-5H3/t9-,10+/m0/s1. The molecule has 1 aliphatic carbocycles. The molecule has 88 valence electrons. The van der Waals surface area contributed by atoms with Crippen LogP contribution in [-0.2, 0) is 4.79 Å². The van der Waals surface area contributed by atoms with Gasteiger partial charge in [0.1, 0.15) is 0 Å². The number of alkyl halides is 1. The number of rotatable bonds is 1. The third-order valence-electron chi connectivity index (χ3n) is 4.41. The van der Waals surface area contributed by atoms with E-state index in [2.05, 4.69) is 33.9 Å². The van der Waals surface area contributed by atoms with E-state index in [9.17, 15) is 9.18 Å². The highest BCUT2D eigenvalue weighted by molar-refractivity contribution is 6.84. The Hall–Kier alpha value is -0.183. The molecule has 0 radical (unpaired) electrons. The van der Waals surface area contributed by atoms with Crippen LogP contribution in [0.25, 0.3) is 0 Å². The number of Topliss-reactive ketones (excluding diaryl/α,β-unsaturated/α-hetero) is 1. The Bertz CT molecular complexity index is 255. The quantitative estimate of drug-likeness (QED) is 0.623. The maximum Gasteiger partial charge on any atom is 0.167 e. The fourth-order valence-corrected chi connectivity index (χ4v) is 5.11. The first-order chi connectivity index (χ1) is 6.68. The minimum absolute atomic E-state index is 0.0289. The molecule has 1 rings (SSSR count). The van der Waals surface area contributed by atoms with Gasteiger partial charge in [-0.3, -0.25) is 4.79 Å². The Morgan fingerprint density at radius 2 is 1.80 bits per heavy atom. The third kappa shape index (κ3) is 2.32. The maximum absolute atomic E-state index is 13.4. The van der Waals surface area contributed by atoms with Gasteiger partial charge in [0.05, 0.1) is 8.07 Å². The molecule has 0 bridgehead atoms. The molecule has 0 N–H and O–H groups in total. The molecule has 1 nitrogen and oxygen atoms in total. The molecular weight excluding hydrogens is 207 g/mol. The normalized spacial score (nSPS) is 29.3. The van der Waals surface area contributed by atoms with Crippen molar-refractivity contribution in [2.24, 2.45) is 0 Å². The predicted octanol–water partition coefficient (Wildman–Crippen LogP) is 3.96. The summed E-state index contributed by atoms with van der Waals surface area (Å²) in [5.74, 6) is -0.104. The summed E-state index contributed by atoms with van der Waals surface area (Å²) in [4.78, 5) is 11.9. The van der Waals surface area contributed by atoms with Crippen molar-refractivity contribution in [1.29, 1.82) is 0 Å². The number of hydrogen-bond acceptors (Lipinski definition) is 1. The zero-order valence-electron chi connectivity index (χ0n) is 10.6. The van der Waals surface area contributed by atoms with Crippen molar-refractivity contribution in [2.45, 2.75) is 69.9 Å². The first-order valence-corrected chi connectivity index (χ1v) is 8.93. The molecule has 0 aromatic rings. The summed E-state index contributed by atoms with van der Waals surface area (Å²) in [7, 11) is -1.70. The molecule has 0 aromatic heterocycles. The minimum Gasteiger partial charge on any atom is -0.296 e. The lowest BCUT2D eigenvalue weighted by atomic mass is 9.97. The van der Waals surface area contributed by atoms with Crippen molar-refractivity contribution >= 4 is 13.9 Å². The Balaban J connectivity index is 2.91. The molecule has 0 saturated heterocycles. The number of halogens is 1. The van der Waals surface area contributed by atoms with Crippen molar-refractivity contribution in [1.82, 2.24) is 0 Å². The first kappa shape index (κ1) is 12.9. The van der Waals surface area contributed by atoms with E-state index in [0.29, 0.717) is 6.42 Å². The molecule has 0 aromatic carbocycles. The van der Waals surface area contributed by atoms with Gasteiger partial charge in [0.15, 0.2) is 12.0 Å². The van der Waals surface area contributed by atoms with Crippen LogP contribution in [0.15, 0.2) is 0 Å². The van der Waals surface area contributed by atoms with E-state index < -0.39 is 14.2 Å². The zero-order valence-corrected chi connectivity index (χ0v) is 11.6. The maximum atomic E-state index is 13.4. The SMILES string of the molecule is CC(C)(C)[Si](C)(C)[C@@H]1CCC[C@H](F)C1=O. The van der Waals surface area contributed by atoms with Crippen molar-refractivity contribution in [3.05, 3.63) is 0 Å². The molecule has 0 spiro atoms. The highest BCUT2D eigenvalue weighted by atomic mass is 28.3. The Kier molecular flexibility index (Phi) is 3.44. The van der Waals surface area contributed by atoms with Gasteiger partial charge >= 0.3 is 0 Å². The minimum atomic E-state index is -1.70. The van der Waals surface area contributed by atoms with Crippen LogP contribution in [0, 0.1) is 0 Å². The first-order valence-electron chi connectivity index (χ1n) is 5.85. The largest absolute Gasteiger partial charge is 0.296 e. The lowest BCUT2D eigenvalue weighted by molar-refractivity contribution is -0.125. The number of carbonyl (C=O) groups is 1. The second-order valence-corrected chi connectivity index (χ2v) is 12.0. The van der Waals surface area contributed by atoms with Gasteiger partial charge in [-0.1, -0.05) is 33.9 Å². The second-order valence-electron chi connectivity index (χ2n) is 6.33. The van der Waals surface area contributed by atoms with Gasteiger partial charge < -0.3 is 0 Å². The Labute approximate surface area is 93.5 Å². The lowest BCUT2D eigenvalue weighted by Gasteiger charge is -2.44. The summed E-state index contributed by atoms with van der Waals surface area (Å²) in [5.41, 5.74) is 0.0289. The average molecular weight is 230 g/mol. The predicted molar refractivity (Wildman–Crippen MR) is 64.7 cm³/mol. The molecule has 0 unspecified atom stereocenters. The van der Waals surface area contributed by atoms with E-state index in [4.69, 9.17) is 0 Å². The van der Waals surface area contributed by atoms with Crippen molar-refractivity contribution in [3.8, 4) is 0 Å². The van der Waals surface area contributed by atoms with E-state index in [1.165, 1.54) is 0 Å². The summed E-state index contributed by atoms with van der Waals surface area (Å²) >= 11 is 0.